The van der Waals surface area contributed by atoms with Crippen LogP contribution >= 0.6 is 0 Å². The summed E-state index contributed by atoms with van der Waals surface area (Å²) in [7, 11) is 0. The topological polar surface area (TPSA) is 66.6 Å². The van der Waals surface area contributed by atoms with Crippen molar-refractivity contribution in [1.29, 1.82) is 0 Å². The van der Waals surface area contributed by atoms with E-state index in [0.717, 1.165) is 5.56 Å². The van der Waals surface area contributed by atoms with Crippen LogP contribution in [-0.2, 0) is 4.79 Å². The van der Waals surface area contributed by atoms with E-state index >= 15 is 0 Å². The highest BCUT2D eigenvalue weighted by molar-refractivity contribution is 5.79. The Morgan fingerprint density at radius 1 is 1.00 bits per heavy atom. The zero-order valence-electron chi connectivity index (χ0n) is 16.2. The molecule has 0 aliphatic carbocycles. The molecule has 0 bridgehead atoms. The van der Waals surface area contributed by atoms with Gasteiger partial charge in [-0.3, -0.25) is 4.79 Å². The molecule has 5 heteroatoms. The van der Waals surface area contributed by atoms with Crippen molar-refractivity contribution in [3.8, 4) is 0 Å². The molecule has 0 fully saturated rings. The van der Waals surface area contributed by atoms with E-state index in [9.17, 15) is 14.3 Å². The molecular formula is C22H29FN2O2. The molecule has 0 saturated carbocycles. The minimum Gasteiger partial charge on any atom is -0.387 e. The maximum Gasteiger partial charge on any atom is 0.227 e. The maximum absolute atomic E-state index is 13.1. The highest BCUT2D eigenvalue weighted by Gasteiger charge is 2.28. The Labute approximate surface area is 160 Å². The molecular weight excluding hydrogens is 343 g/mol. The minimum absolute atomic E-state index is 0.0961. The van der Waals surface area contributed by atoms with Gasteiger partial charge in [-0.1, -0.05) is 63.2 Å². The summed E-state index contributed by atoms with van der Waals surface area (Å²) in [5.74, 6) is -0.634. The van der Waals surface area contributed by atoms with E-state index in [1.54, 1.807) is 4.90 Å². The van der Waals surface area contributed by atoms with Gasteiger partial charge in [-0.05, 0) is 29.2 Å². The van der Waals surface area contributed by atoms with Crippen LogP contribution in [-0.4, -0.2) is 29.0 Å². The van der Waals surface area contributed by atoms with E-state index in [-0.39, 0.29) is 24.2 Å². The van der Waals surface area contributed by atoms with Gasteiger partial charge in [0.15, 0.2) is 0 Å². The number of amides is 1. The van der Waals surface area contributed by atoms with Crippen LogP contribution in [0.2, 0.25) is 0 Å². The quantitative estimate of drug-likeness (QED) is 0.743. The van der Waals surface area contributed by atoms with Crippen LogP contribution in [0.1, 0.15) is 44.0 Å². The second-order valence-corrected chi connectivity index (χ2v) is 7.43. The number of nitrogens with zero attached hydrogens (tertiary/aromatic N) is 1. The number of carbonyl (C=O) groups is 1. The monoisotopic (exact) mass is 372 g/mol. The summed E-state index contributed by atoms with van der Waals surface area (Å²) in [5, 5.41) is 10.5. The first-order valence-corrected chi connectivity index (χ1v) is 9.32. The van der Waals surface area contributed by atoms with Gasteiger partial charge in [-0.2, -0.15) is 0 Å². The van der Waals surface area contributed by atoms with E-state index in [0.29, 0.717) is 12.1 Å². The normalized spacial score (nSPS) is 14.6. The molecule has 0 heterocycles. The van der Waals surface area contributed by atoms with Crippen molar-refractivity contribution >= 4 is 5.91 Å². The molecule has 0 aromatic heterocycles. The van der Waals surface area contributed by atoms with Gasteiger partial charge in [0.2, 0.25) is 5.91 Å². The summed E-state index contributed by atoms with van der Waals surface area (Å²) in [5.41, 5.74) is 7.80. The van der Waals surface area contributed by atoms with Gasteiger partial charge in [0, 0.05) is 12.6 Å². The molecule has 2 aromatic carbocycles. The van der Waals surface area contributed by atoms with Crippen LogP contribution in [0.15, 0.2) is 54.6 Å². The molecule has 4 nitrogen and oxygen atoms in total. The Bertz CT molecular complexity index is 719. The second-order valence-electron chi connectivity index (χ2n) is 7.43. The fourth-order valence-corrected chi connectivity index (χ4v) is 3.10. The van der Waals surface area contributed by atoms with E-state index in [1.807, 2.05) is 51.1 Å². The minimum atomic E-state index is -0.881. The predicted molar refractivity (Wildman–Crippen MR) is 105 cm³/mol. The summed E-state index contributed by atoms with van der Waals surface area (Å²) >= 11 is 0. The third kappa shape index (κ3) is 5.88. The Kier molecular flexibility index (Phi) is 7.51. The molecule has 1 amide bonds. The van der Waals surface area contributed by atoms with E-state index in [2.05, 4.69) is 0 Å². The smallest absolute Gasteiger partial charge is 0.227 e. The lowest BCUT2D eigenvalue weighted by Gasteiger charge is -2.31. The average molecular weight is 372 g/mol. The standard InChI is InChI=1S/C22H29FN2O2/c1-15(2)13-25(14-20(26)17-9-11-19(23)12-10-17)22(27)16(3)21(24)18-7-5-4-6-8-18/h4-12,15-16,20-21,26H,13-14,24H2,1-3H3. The first kappa shape index (κ1) is 21.1. The molecule has 2 aromatic rings. The lowest BCUT2D eigenvalue weighted by molar-refractivity contribution is -0.137. The van der Waals surface area contributed by atoms with Gasteiger partial charge in [-0.15, -0.1) is 0 Å². The Balaban J connectivity index is 2.13. The molecule has 0 aliphatic heterocycles. The lowest BCUT2D eigenvalue weighted by Crippen LogP contribution is -2.43. The third-order valence-corrected chi connectivity index (χ3v) is 4.66. The van der Waals surface area contributed by atoms with Crippen LogP contribution in [0, 0.1) is 17.7 Å². The number of aliphatic hydroxyl groups is 1. The van der Waals surface area contributed by atoms with Gasteiger partial charge in [0.1, 0.15) is 5.82 Å². The van der Waals surface area contributed by atoms with Crippen LogP contribution in [0.25, 0.3) is 0 Å². The zero-order chi connectivity index (χ0) is 20.0. The summed E-state index contributed by atoms with van der Waals surface area (Å²) < 4.78 is 13.1. The first-order chi connectivity index (χ1) is 12.8. The van der Waals surface area contributed by atoms with Gasteiger partial charge in [-0.25, -0.2) is 4.39 Å². The summed E-state index contributed by atoms with van der Waals surface area (Å²) in [6.45, 7) is 6.52. The molecule has 146 valence electrons. The van der Waals surface area contributed by atoms with Gasteiger partial charge in [0.25, 0.3) is 0 Å². The molecule has 0 aliphatic rings. The van der Waals surface area contributed by atoms with Crippen molar-refractivity contribution in [2.45, 2.75) is 32.9 Å². The first-order valence-electron chi connectivity index (χ1n) is 9.32. The van der Waals surface area contributed by atoms with E-state index in [4.69, 9.17) is 5.73 Å². The predicted octanol–water partition coefficient (Wildman–Crippen LogP) is 3.68. The third-order valence-electron chi connectivity index (χ3n) is 4.66. The van der Waals surface area contributed by atoms with E-state index < -0.39 is 18.1 Å². The van der Waals surface area contributed by atoms with Crippen molar-refractivity contribution in [2.75, 3.05) is 13.1 Å². The molecule has 0 saturated heterocycles. The lowest BCUT2D eigenvalue weighted by atomic mass is 9.93. The molecule has 3 unspecified atom stereocenters. The number of benzene rings is 2. The number of nitrogens with two attached hydrogens (primary N) is 1. The van der Waals surface area contributed by atoms with Crippen molar-refractivity contribution in [3.05, 3.63) is 71.5 Å². The fraction of sp³-hybridized carbons (Fsp3) is 0.409. The van der Waals surface area contributed by atoms with Gasteiger partial charge in [0.05, 0.1) is 18.6 Å². The number of halogens is 1. The Morgan fingerprint density at radius 2 is 1.59 bits per heavy atom. The van der Waals surface area contributed by atoms with Crippen LogP contribution in [0.3, 0.4) is 0 Å². The largest absolute Gasteiger partial charge is 0.387 e. The highest BCUT2D eigenvalue weighted by Crippen LogP contribution is 2.23. The number of carbonyl (C=O) groups excluding carboxylic acids is 1. The van der Waals surface area contributed by atoms with Crippen molar-refractivity contribution in [2.24, 2.45) is 17.6 Å². The molecule has 0 radical (unpaired) electrons. The number of hydrogen-bond acceptors (Lipinski definition) is 3. The number of hydrogen-bond donors (Lipinski definition) is 2. The number of rotatable bonds is 8. The summed E-state index contributed by atoms with van der Waals surface area (Å²) in [6.07, 6.45) is -0.881. The molecule has 27 heavy (non-hydrogen) atoms. The highest BCUT2D eigenvalue weighted by atomic mass is 19.1. The van der Waals surface area contributed by atoms with Crippen molar-refractivity contribution in [1.82, 2.24) is 4.90 Å². The van der Waals surface area contributed by atoms with Crippen molar-refractivity contribution < 1.29 is 14.3 Å². The van der Waals surface area contributed by atoms with Crippen LogP contribution in [0.5, 0.6) is 0 Å². The molecule has 2 rings (SSSR count). The summed E-state index contributed by atoms with van der Waals surface area (Å²) in [4.78, 5) is 14.7. The molecule has 3 N–H and O–H groups in total. The molecule has 0 spiro atoms. The Morgan fingerprint density at radius 3 is 2.15 bits per heavy atom. The average Bonchev–Trinajstić information content (AvgIpc) is 2.66. The SMILES string of the molecule is CC(C)CN(CC(O)c1ccc(F)cc1)C(=O)C(C)C(N)c1ccccc1. The van der Waals surface area contributed by atoms with Gasteiger partial charge < -0.3 is 15.7 Å². The Hall–Kier alpha value is -2.24. The van der Waals surface area contributed by atoms with Crippen LogP contribution in [0.4, 0.5) is 4.39 Å². The zero-order valence-corrected chi connectivity index (χ0v) is 16.2. The van der Waals surface area contributed by atoms with Gasteiger partial charge >= 0.3 is 0 Å². The summed E-state index contributed by atoms with van der Waals surface area (Å²) in [6, 6.07) is 14.8. The van der Waals surface area contributed by atoms with E-state index in [1.165, 1.54) is 24.3 Å². The second kappa shape index (κ2) is 9.62. The van der Waals surface area contributed by atoms with Crippen LogP contribution < -0.4 is 5.73 Å². The van der Waals surface area contributed by atoms with Crippen molar-refractivity contribution in [3.63, 3.8) is 0 Å². The maximum atomic E-state index is 13.1. The molecule has 3 atom stereocenters. The number of aliphatic hydroxyl groups excluding tert-OH is 1. The fourth-order valence-electron chi connectivity index (χ4n) is 3.10.